The first-order valence-electron chi connectivity index (χ1n) is 11.2. The van der Waals surface area contributed by atoms with Crippen LogP contribution < -0.4 is 10.1 Å². The zero-order valence-corrected chi connectivity index (χ0v) is 19.8. The first-order chi connectivity index (χ1) is 16.5. The standard InChI is InChI=1S/C27H28ClFN2O3/c1-2-15-30-27(33)25(16-20-7-4-3-5-8-20)31(18-21-11-13-23(29)14-12-21)26(32)19-34-24-10-6-9-22(28)17-24/h3-14,17,25H,2,15-16,18-19H2,1H3,(H,30,33)/t25-/m1/s1. The molecule has 0 saturated heterocycles. The van der Waals surface area contributed by atoms with Crippen molar-refractivity contribution in [3.63, 3.8) is 0 Å². The first-order valence-corrected chi connectivity index (χ1v) is 11.6. The summed E-state index contributed by atoms with van der Waals surface area (Å²) in [5.74, 6) is -0.522. The van der Waals surface area contributed by atoms with Crippen molar-refractivity contribution in [2.75, 3.05) is 13.2 Å². The van der Waals surface area contributed by atoms with Gasteiger partial charge in [-0.15, -0.1) is 0 Å². The molecule has 0 fully saturated rings. The van der Waals surface area contributed by atoms with E-state index in [0.29, 0.717) is 29.3 Å². The quantitative estimate of drug-likeness (QED) is 0.417. The van der Waals surface area contributed by atoms with Crippen LogP contribution in [0.15, 0.2) is 78.9 Å². The first kappa shape index (κ1) is 25.2. The molecule has 1 atom stereocenters. The SMILES string of the molecule is CCCNC(=O)[C@@H](Cc1ccccc1)N(Cc1ccc(F)cc1)C(=O)COc1cccc(Cl)c1. The van der Waals surface area contributed by atoms with Gasteiger partial charge in [0, 0.05) is 24.5 Å². The molecular weight excluding hydrogens is 455 g/mol. The van der Waals surface area contributed by atoms with Crippen molar-refractivity contribution in [1.82, 2.24) is 10.2 Å². The van der Waals surface area contributed by atoms with Crippen molar-refractivity contribution in [1.29, 1.82) is 0 Å². The number of benzene rings is 3. The average Bonchev–Trinajstić information content (AvgIpc) is 2.85. The molecule has 5 nitrogen and oxygen atoms in total. The molecule has 7 heteroatoms. The van der Waals surface area contributed by atoms with E-state index in [-0.39, 0.29) is 30.8 Å². The smallest absolute Gasteiger partial charge is 0.261 e. The molecule has 1 N–H and O–H groups in total. The topological polar surface area (TPSA) is 58.6 Å². The Morgan fingerprint density at radius 2 is 1.74 bits per heavy atom. The van der Waals surface area contributed by atoms with Crippen molar-refractivity contribution in [3.8, 4) is 5.75 Å². The van der Waals surface area contributed by atoms with Gasteiger partial charge in [-0.05, 0) is 47.9 Å². The highest BCUT2D eigenvalue weighted by molar-refractivity contribution is 6.30. The van der Waals surface area contributed by atoms with E-state index in [9.17, 15) is 14.0 Å². The van der Waals surface area contributed by atoms with E-state index >= 15 is 0 Å². The van der Waals surface area contributed by atoms with Gasteiger partial charge in [0.25, 0.3) is 5.91 Å². The number of amides is 2. The van der Waals surface area contributed by atoms with Crippen molar-refractivity contribution in [2.45, 2.75) is 32.4 Å². The van der Waals surface area contributed by atoms with Gasteiger partial charge in [-0.25, -0.2) is 4.39 Å². The lowest BCUT2D eigenvalue weighted by Gasteiger charge is -2.31. The molecule has 0 aliphatic rings. The molecule has 2 amide bonds. The molecule has 178 valence electrons. The van der Waals surface area contributed by atoms with Gasteiger partial charge in [0.2, 0.25) is 5.91 Å². The van der Waals surface area contributed by atoms with Crippen LogP contribution in [-0.4, -0.2) is 35.9 Å². The molecule has 34 heavy (non-hydrogen) atoms. The Bertz CT molecular complexity index is 1080. The number of halogens is 2. The van der Waals surface area contributed by atoms with Crippen LogP contribution in [0, 0.1) is 5.82 Å². The predicted molar refractivity (Wildman–Crippen MR) is 131 cm³/mol. The summed E-state index contributed by atoms with van der Waals surface area (Å²) >= 11 is 6.01. The van der Waals surface area contributed by atoms with Crippen molar-refractivity contribution >= 4 is 23.4 Å². The Morgan fingerprint density at radius 3 is 2.41 bits per heavy atom. The second kappa shape index (κ2) is 12.8. The van der Waals surface area contributed by atoms with E-state index < -0.39 is 6.04 Å². The Labute approximate surface area is 204 Å². The third-order valence-corrected chi connectivity index (χ3v) is 5.48. The van der Waals surface area contributed by atoms with Crippen molar-refractivity contribution in [3.05, 3.63) is 101 Å². The molecule has 3 rings (SSSR count). The van der Waals surface area contributed by atoms with Gasteiger partial charge < -0.3 is 15.0 Å². The van der Waals surface area contributed by atoms with Crippen LogP contribution in [0.2, 0.25) is 5.02 Å². The number of rotatable bonds is 11. The number of hydrogen-bond acceptors (Lipinski definition) is 3. The van der Waals surface area contributed by atoms with Gasteiger partial charge in [-0.3, -0.25) is 9.59 Å². The van der Waals surface area contributed by atoms with Crippen LogP contribution in [0.5, 0.6) is 5.75 Å². The molecule has 0 heterocycles. The van der Waals surface area contributed by atoms with Crippen LogP contribution >= 0.6 is 11.6 Å². The van der Waals surface area contributed by atoms with Crippen LogP contribution in [0.4, 0.5) is 4.39 Å². The third-order valence-electron chi connectivity index (χ3n) is 5.24. The number of hydrogen-bond donors (Lipinski definition) is 1. The van der Waals surface area contributed by atoms with E-state index in [1.807, 2.05) is 37.3 Å². The fourth-order valence-corrected chi connectivity index (χ4v) is 3.67. The van der Waals surface area contributed by atoms with Crippen LogP contribution in [0.25, 0.3) is 0 Å². The molecule has 0 radical (unpaired) electrons. The normalized spacial score (nSPS) is 11.5. The Balaban J connectivity index is 1.88. The number of nitrogens with zero attached hydrogens (tertiary/aromatic N) is 1. The predicted octanol–water partition coefficient (Wildman–Crippen LogP) is 5.02. The lowest BCUT2D eigenvalue weighted by molar-refractivity contribution is -0.142. The molecule has 0 aliphatic heterocycles. The van der Waals surface area contributed by atoms with E-state index in [0.717, 1.165) is 12.0 Å². The summed E-state index contributed by atoms with van der Waals surface area (Å²) in [5.41, 5.74) is 1.63. The summed E-state index contributed by atoms with van der Waals surface area (Å²) in [6, 6.07) is 21.4. The fourth-order valence-electron chi connectivity index (χ4n) is 3.49. The number of carbonyl (C=O) groups is 2. The highest BCUT2D eigenvalue weighted by atomic mass is 35.5. The minimum absolute atomic E-state index is 0.134. The lowest BCUT2D eigenvalue weighted by Crippen LogP contribution is -2.51. The molecule has 0 bridgehead atoms. The maximum absolute atomic E-state index is 13.5. The maximum Gasteiger partial charge on any atom is 0.261 e. The fraction of sp³-hybridized carbons (Fsp3) is 0.259. The lowest BCUT2D eigenvalue weighted by atomic mass is 10.0. The summed E-state index contributed by atoms with van der Waals surface area (Å²) in [6.07, 6.45) is 1.11. The largest absolute Gasteiger partial charge is 0.484 e. The number of carbonyl (C=O) groups excluding carboxylic acids is 2. The van der Waals surface area contributed by atoms with Gasteiger partial charge in [0.1, 0.15) is 17.6 Å². The van der Waals surface area contributed by atoms with E-state index in [4.69, 9.17) is 16.3 Å². The summed E-state index contributed by atoms with van der Waals surface area (Å²) in [5, 5.41) is 3.41. The van der Waals surface area contributed by atoms with Crippen LogP contribution in [-0.2, 0) is 22.6 Å². The van der Waals surface area contributed by atoms with E-state index in [1.54, 1.807) is 36.4 Å². The third kappa shape index (κ3) is 7.59. The second-order valence-corrected chi connectivity index (χ2v) is 8.33. The number of ether oxygens (including phenoxy) is 1. The summed E-state index contributed by atoms with van der Waals surface area (Å²) in [6.45, 7) is 2.33. The van der Waals surface area contributed by atoms with Crippen LogP contribution in [0.1, 0.15) is 24.5 Å². The minimum atomic E-state index is -0.769. The van der Waals surface area contributed by atoms with Gasteiger partial charge in [-0.1, -0.05) is 67.1 Å². The Kier molecular flexibility index (Phi) is 9.47. The molecular formula is C27H28ClFN2O3. The molecule has 0 unspecified atom stereocenters. The zero-order chi connectivity index (χ0) is 24.3. The van der Waals surface area contributed by atoms with Gasteiger partial charge in [-0.2, -0.15) is 0 Å². The highest BCUT2D eigenvalue weighted by Crippen LogP contribution is 2.19. The Hall–Kier alpha value is -3.38. The average molecular weight is 483 g/mol. The molecule has 0 aliphatic carbocycles. The molecule has 0 spiro atoms. The Morgan fingerprint density at radius 1 is 1.00 bits per heavy atom. The second-order valence-electron chi connectivity index (χ2n) is 7.89. The van der Waals surface area contributed by atoms with E-state index in [2.05, 4.69) is 5.32 Å². The summed E-state index contributed by atoms with van der Waals surface area (Å²) < 4.78 is 19.1. The highest BCUT2D eigenvalue weighted by Gasteiger charge is 2.30. The number of nitrogens with one attached hydrogen (secondary N) is 1. The monoisotopic (exact) mass is 482 g/mol. The maximum atomic E-state index is 13.5. The minimum Gasteiger partial charge on any atom is -0.484 e. The molecule has 3 aromatic carbocycles. The summed E-state index contributed by atoms with van der Waals surface area (Å²) in [4.78, 5) is 28.1. The zero-order valence-electron chi connectivity index (χ0n) is 19.0. The molecule has 3 aromatic rings. The summed E-state index contributed by atoms with van der Waals surface area (Å²) in [7, 11) is 0. The van der Waals surface area contributed by atoms with Crippen molar-refractivity contribution < 1.29 is 18.7 Å². The van der Waals surface area contributed by atoms with Crippen LogP contribution in [0.3, 0.4) is 0 Å². The van der Waals surface area contributed by atoms with Gasteiger partial charge in [0.15, 0.2) is 6.61 Å². The van der Waals surface area contributed by atoms with E-state index in [1.165, 1.54) is 17.0 Å². The molecule has 0 saturated carbocycles. The van der Waals surface area contributed by atoms with Crippen molar-refractivity contribution in [2.24, 2.45) is 0 Å². The van der Waals surface area contributed by atoms with Gasteiger partial charge in [0.05, 0.1) is 0 Å². The molecule has 0 aromatic heterocycles. The van der Waals surface area contributed by atoms with Gasteiger partial charge >= 0.3 is 0 Å².